The Morgan fingerprint density at radius 3 is 1.52 bits per heavy atom. The smallest absolute Gasteiger partial charge is 0.470 e. The first-order valence-corrected chi connectivity index (χ1v) is 14.9. The van der Waals surface area contributed by atoms with Crippen molar-refractivity contribution in [2.24, 2.45) is 0 Å². The maximum Gasteiger partial charge on any atom is 0.470 e. The molecule has 1 spiro atoms. The van der Waals surface area contributed by atoms with Crippen molar-refractivity contribution in [2.45, 2.75) is 11.7 Å². The first-order valence-electron chi connectivity index (χ1n) is 14.9. The van der Waals surface area contributed by atoms with Crippen molar-refractivity contribution in [3.63, 3.8) is 0 Å². The van der Waals surface area contributed by atoms with E-state index < -0.39 is 24.4 Å². The van der Waals surface area contributed by atoms with E-state index in [1.165, 1.54) is 0 Å². The van der Waals surface area contributed by atoms with Crippen LogP contribution in [-0.4, -0.2) is 12.7 Å². The summed E-state index contributed by atoms with van der Waals surface area (Å²) in [5, 5.41) is 0. The third-order valence-corrected chi connectivity index (χ3v) is 8.78. The lowest BCUT2D eigenvalue weighted by atomic mass is 9.69. The Balaban J connectivity index is 1.49. The molecule has 5 heteroatoms. The molecule has 8 rings (SSSR count). The zero-order valence-corrected chi connectivity index (χ0v) is 23.9. The van der Waals surface area contributed by atoms with Crippen LogP contribution in [-0.2, 0) is 19.6 Å². The molecule has 212 valence electrons. The van der Waals surface area contributed by atoms with Crippen LogP contribution >= 0.6 is 0 Å². The summed E-state index contributed by atoms with van der Waals surface area (Å²) in [6, 6.07) is 54.7. The minimum absolute atomic E-state index is 0.448. The quantitative estimate of drug-likeness (QED) is 0.196. The second-order valence-corrected chi connectivity index (χ2v) is 11.2. The molecule has 44 heavy (non-hydrogen) atoms. The van der Waals surface area contributed by atoms with Crippen LogP contribution in [0.1, 0.15) is 33.2 Å². The van der Waals surface area contributed by atoms with Gasteiger partial charge in [0.1, 0.15) is 5.60 Å². The zero-order chi connectivity index (χ0) is 29.6. The number of hydrogen-bond donors (Lipinski definition) is 0. The molecule has 4 nitrogen and oxygen atoms in total. The summed E-state index contributed by atoms with van der Waals surface area (Å²) in [7, 11) is 0. The Labute approximate surface area is 256 Å². The molecule has 1 fully saturated rings. The Hall–Kier alpha value is -5.23. The number of rotatable bonds is 5. The van der Waals surface area contributed by atoms with Gasteiger partial charge in [0.05, 0.1) is 6.10 Å². The van der Waals surface area contributed by atoms with E-state index in [-0.39, 0.29) is 0 Å². The van der Waals surface area contributed by atoms with Gasteiger partial charge in [-0.1, -0.05) is 169 Å². The minimum Gasteiger partial charge on any atom is -0.636 e. The first-order chi connectivity index (χ1) is 21.7. The van der Waals surface area contributed by atoms with Crippen LogP contribution in [0.25, 0.3) is 22.3 Å². The molecule has 0 aliphatic carbocycles. The van der Waals surface area contributed by atoms with Crippen LogP contribution < -0.4 is 5.46 Å². The van der Waals surface area contributed by atoms with E-state index in [4.69, 9.17) is 14.0 Å². The second kappa shape index (κ2) is 10.5. The van der Waals surface area contributed by atoms with Crippen molar-refractivity contribution in [3.8, 4) is 22.3 Å². The molecule has 2 atom stereocenters. The SMILES string of the molecule is O=C1O[B-]2(O[C@@H](c3ccccc3)C(c3ccccc3-c3ccccc3)(c3ccccc3-c3ccccc3)O2)c2ccccc21. The molecule has 1 unspecified atom stereocenters. The second-order valence-electron chi connectivity index (χ2n) is 11.2. The van der Waals surface area contributed by atoms with Gasteiger partial charge in [0, 0.05) is 5.56 Å². The van der Waals surface area contributed by atoms with Crippen molar-refractivity contribution in [2.75, 3.05) is 0 Å². The van der Waals surface area contributed by atoms with E-state index in [1.807, 2.05) is 97.1 Å². The molecule has 2 heterocycles. The molecule has 0 saturated carbocycles. The molecule has 0 bridgehead atoms. The highest BCUT2D eigenvalue weighted by atomic mass is 16.8. The van der Waals surface area contributed by atoms with Crippen LogP contribution in [0.15, 0.2) is 164 Å². The average molecular weight is 571 g/mol. The third kappa shape index (κ3) is 4.05. The highest BCUT2D eigenvalue weighted by Gasteiger charge is 2.61. The molecule has 0 amide bonds. The summed E-state index contributed by atoms with van der Waals surface area (Å²) in [5.74, 6) is -0.448. The lowest BCUT2D eigenvalue weighted by Crippen LogP contribution is -2.51. The maximum atomic E-state index is 13.4. The number of hydrogen-bond acceptors (Lipinski definition) is 4. The molecular weight excluding hydrogens is 543 g/mol. The summed E-state index contributed by atoms with van der Waals surface area (Å²) in [4.78, 5) is 13.4. The Bertz CT molecular complexity index is 1890. The van der Waals surface area contributed by atoms with Crippen molar-refractivity contribution < 1.29 is 18.8 Å². The number of carbonyl (C=O) groups excluding carboxylic acids is 1. The fourth-order valence-electron chi connectivity index (χ4n) is 6.91. The van der Waals surface area contributed by atoms with Gasteiger partial charge in [-0.3, -0.25) is 4.79 Å². The molecule has 2 aliphatic rings. The van der Waals surface area contributed by atoms with Crippen molar-refractivity contribution >= 4 is 18.2 Å². The Morgan fingerprint density at radius 2 is 0.955 bits per heavy atom. The van der Waals surface area contributed by atoms with Crippen molar-refractivity contribution in [1.29, 1.82) is 0 Å². The number of carbonyl (C=O) groups is 1. The van der Waals surface area contributed by atoms with Gasteiger partial charge in [-0.15, -0.1) is 0 Å². The first kappa shape index (κ1) is 26.4. The van der Waals surface area contributed by atoms with Gasteiger partial charge < -0.3 is 14.0 Å². The van der Waals surface area contributed by atoms with Gasteiger partial charge in [-0.2, -0.15) is 0 Å². The molecule has 0 radical (unpaired) electrons. The molecule has 0 N–H and O–H groups in total. The minimum atomic E-state index is -2.68. The lowest BCUT2D eigenvalue weighted by molar-refractivity contribution is 0.0574. The summed E-state index contributed by atoms with van der Waals surface area (Å²) >= 11 is 0. The van der Waals surface area contributed by atoms with E-state index in [0.29, 0.717) is 11.0 Å². The largest absolute Gasteiger partial charge is 0.636 e. The molecule has 2 aliphatic heterocycles. The Kier molecular flexibility index (Phi) is 6.30. The number of benzene rings is 6. The molecular formula is C39H28BO4-. The fraction of sp³-hybridized carbons (Fsp3) is 0.0513. The zero-order valence-electron chi connectivity index (χ0n) is 23.9. The van der Waals surface area contributed by atoms with E-state index in [9.17, 15) is 4.79 Å². The fourth-order valence-corrected chi connectivity index (χ4v) is 6.91. The highest BCUT2D eigenvalue weighted by molar-refractivity contribution is 6.80. The van der Waals surface area contributed by atoms with Gasteiger partial charge in [-0.25, -0.2) is 0 Å². The van der Waals surface area contributed by atoms with E-state index >= 15 is 0 Å². The summed E-state index contributed by atoms with van der Waals surface area (Å²) in [5.41, 5.74) is 6.72. The maximum absolute atomic E-state index is 13.4. The molecule has 1 saturated heterocycles. The van der Waals surface area contributed by atoms with Crippen molar-refractivity contribution in [1.82, 2.24) is 0 Å². The van der Waals surface area contributed by atoms with Crippen LogP contribution in [0.4, 0.5) is 0 Å². The monoisotopic (exact) mass is 571 g/mol. The summed E-state index contributed by atoms with van der Waals surface area (Å²) < 4.78 is 20.8. The normalized spacial score (nSPS) is 19.9. The van der Waals surface area contributed by atoms with Gasteiger partial charge in [0.2, 0.25) is 0 Å². The van der Waals surface area contributed by atoms with Gasteiger partial charge in [0.15, 0.2) is 0 Å². The van der Waals surface area contributed by atoms with Gasteiger partial charge in [0.25, 0.3) is 5.97 Å². The predicted octanol–water partition coefficient (Wildman–Crippen LogP) is 8.07. The summed E-state index contributed by atoms with van der Waals surface area (Å²) in [6.45, 7) is -2.68. The third-order valence-electron chi connectivity index (χ3n) is 8.78. The number of fused-ring (bicyclic) bond motifs is 2. The van der Waals surface area contributed by atoms with Crippen LogP contribution in [0.2, 0.25) is 0 Å². The lowest BCUT2D eigenvalue weighted by Gasteiger charge is -2.42. The van der Waals surface area contributed by atoms with Crippen LogP contribution in [0.5, 0.6) is 0 Å². The predicted molar refractivity (Wildman–Crippen MR) is 173 cm³/mol. The van der Waals surface area contributed by atoms with Gasteiger partial charge >= 0.3 is 6.75 Å². The standard InChI is InChI=1S/C39H28BO4/c41-38-33-24-12-15-27-36(33)40(43-38)42-37(30-20-8-3-9-21-30)39(44-40,34-25-13-10-22-31(34)28-16-4-1-5-17-28)35-26-14-11-23-32(35)29-18-6-2-7-19-29/h1-27,37H/q-1/t37-,40?/m0/s1. The summed E-state index contributed by atoms with van der Waals surface area (Å²) in [6.07, 6.45) is -0.669. The van der Waals surface area contributed by atoms with Crippen LogP contribution in [0.3, 0.4) is 0 Å². The van der Waals surface area contributed by atoms with E-state index in [2.05, 4.69) is 60.7 Å². The average Bonchev–Trinajstić information content (AvgIpc) is 3.59. The van der Waals surface area contributed by atoms with E-state index in [1.54, 1.807) is 6.07 Å². The topological polar surface area (TPSA) is 44.8 Å². The molecule has 0 aromatic heterocycles. The molecule has 6 aromatic rings. The van der Waals surface area contributed by atoms with Gasteiger partial charge in [-0.05, 0) is 38.9 Å². The molecule has 6 aromatic carbocycles. The van der Waals surface area contributed by atoms with E-state index in [0.717, 1.165) is 38.9 Å². The van der Waals surface area contributed by atoms with Crippen LogP contribution in [0, 0.1) is 0 Å². The Morgan fingerprint density at radius 1 is 0.500 bits per heavy atom. The highest BCUT2D eigenvalue weighted by Crippen LogP contribution is 2.58. The van der Waals surface area contributed by atoms with Crippen molar-refractivity contribution in [3.05, 3.63) is 186 Å².